The first-order valence-electron chi connectivity index (χ1n) is 5.73. The predicted octanol–water partition coefficient (Wildman–Crippen LogP) is 2.34. The fraction of sp³-hybridized carbons (Fsp3) is 0.182. The van der Waals surface area contributed by atoms with E-state index < -0.39 is 52.1 Å². The van der Waals surface area contributed by atoms with Gasteiger partial charge in [0.2, 0.25) is 0 Å². The number of esters is 2. The van der Waals surface area contributed by atoms with Crippen LogP contribution in [0.5, 0.6) is 0 Å². The van der Waals surface area contributed by atoms with E-state index in [-0.39, 0.29) is 6.07 Å². The minimum Gasteiger partial charge on any atom is -0.383 e. The van der Waals surface area contributed by atoms with Crippen molar-refractivity contribution in [3.05, 3.63) is 33.9 Å². The third kappa shape index (κ3) is 5.15. The maximum absolute atomic E-state index is 12.2. The first-order chi connectivity index (χ1) is 11.2. The fourth-order valence-corrected chi connectivity index (χ4v) is 1.32. The second-order valence-corrected chi connectivity index (χ2v) is 4.11. The van der Waals surface area contributed by atoms with Gasteiger partial charge in [0.05, 0.1) is 16.2 Å². The Kier molecular flexibility index (Phi) is 5.35. The summed E-state index contributed by atoms with van der Waals surface area (Å²) in [5, 5.41) is 11.7. The number of hydrogen-bond donors (Lipinski definition) is 1. The van der Waals surface area contributed by atoms with Gasteiger partial charge >= 0.3 is 30.2 Å². The molecule has 0 saturated heterocycles. The zero-order valence-electron chi connectivity index (χ0n) is 11.4. The monoisotopic (exact) mass is 374 g/mol. The summed E-state index contributed by atoms with van der Waals surface area (Å²) in [5.41, 5.74) is -3.20. The lowest BCUT2D eigenvalue weighted by Crippen LogP contribution is -2.31. The lowest BCUT2D eigenvalue weighted by Gasteiger charge is -2.12. The van der Waals surface area contributed by atoms with Crippen molar-refractivity contribution >= 4 is 29.2 Å². The molecule has 1 rings (SSSR count). The number of non-ortho nitro benzene ring substituents is 1. The van der Waals surface area contributed by atoms with Gasteiger partial charge in [0, 0.05) is 12.1 Å². The summed E-state index contributed by atoms with van der Waals surface area (Å²) in [5.74, 6) is -7.71. The van der Waals surface area contributed by atoms with Gasteiger partial charge in [0.15, 0.2) is 0 Å². The Morgan fingerprint density at radius 2 is 1.60 bits per heavy atom. The molecule has 1 aromatic carbocycles. The highest BCUT2D eigenvalue weighted by Gasteiger charge is 2.43. The van der Waals surface area contributed by atoms with Gasteiger partial charge in [-0.05, 0) is 6.07 Å². The molecule has 136 valence electrons. The minimum absolute atomic E-state index is 0.276. The summed E-state index contributed by atoms with van der Waals surface area (Å²) >= 11 is 0. The van der Waals surface area contributed by atoms with Crippen molar-refractivity contribution in [1.29, 1.82) is 0 Å². The highest BCUT2D eigenvalue weighted by molar-refractivity contribution is 6.06. The van der Waals surface area contributed by atoms with Gasteiger partial charge in [-0.2, -0.15) is 26.3 Å². The first kappa shape index (κ1) is 19.9. The highest BCUT2D eigenvalue weighted by Crippen LogP contribution is 2.27. The lowest BCUT2D eigenvalue weighted by molar-refractivity contribution is -0.384. The molecule has 0 aromatic heterocycles. The number of alkyl halides is 6. The topological polar surface area (TPSA) is 116 Å². The number of rotatable bonds is 3. The zero-order chi connectivity index (χ0) is 19.6. The lowest BCUT2D eigenvalue weighted by atomic mass is 10.1. The van der Waals surface area contributed by atoms with Crippen LogP contribution in [-0.2, 0) is 14.3 Å². The van der Waals surface area contributed by atoms with E-state index in [9.17, 15) is 50.8 Å². The molecular formula is C11H4F6N2O6. The number of nitro benzene ring substituents is 1. The van der Waals surface area contributed by atoms with E-state index in [1.54, 1.807) is 0 Å². The maximum Gasteiger partial charge on any atom is 0.491 e. The van der Waals surface area contributed by atoms with Crippen LogP contribution in [0.4, 0.5) is 37.7 Å². The largest absolute Gasteiger partial charge is 0.491 e. The molecule has 0 spiro atoms. The van der Waals surface area contributed by atoms with Crippen molar-refractivity contribution in [1.82, 2.24) is 0 Å². The third-order valence-corrected chi connectivity index (χ3v) is 2.36. The van der Waals surface area contributed by atoms with Crippen molar-refractivity contribution in [2.24, 2.45) is 0 Å². The number of nitrogens with one attached hydrogen (secondary N) is 1. The molecule has 0 bridgehead atoms. The molecule has 1 amide bonds. The van der Waals surface area contributed by atoms with Gasteiger partial charge in [-0.3, -0.25) is 14.9 Å². The maximum atomic E-state index is 12.2. The minimum atomic E-state index is -5.58. The van der Waals surface area contributed by atoms with Crippen LogP contribution in [0.25, 0.3) is 0 Å². The standard InChI is InChI=1S/C11H4F6N2O6/c12-10(13,14)8(21)18-6-3-4(19(23)24)1-2-5(6)7(20)25-9(22)11(15,16)17/h1-3H,(H,18,21). The van der Waals surface area contributed by atoms with Crippen molar-refractivity contribution in [3.63, 3.8) is 0 Å². The number of benzene rings is 1. The quantitative estimate of drug-likeness (QED) is 0.285. The van der Waals surface area contributed by atoms with E-state index >= 15 is 0 Å². The van der Waals surface area contributed by atoms with Crippen molar-refractivity contribution < 1.29 is 50.4 Å². The molecule has 8 nitrogen and oxygen atoms in total. The molecule has 25 heavy (non-hydrogen) atoms. The molecular weight excluding hydrogens is 370 g/mol. The van der Waals surface area contributed by atoms with E-state index in [2.05, 4.69) is 4.74 Å². The normalized spacial score (nSPS) is 11.6. The average Bonchev–Trinajstić information content (AvgIpc) is 2.44. The van der Waals surface area contributed by atoms with E-state index in [1.165, 1.54) is 0 Å². The second kappa shape index (κ2) is 6.74. The van der Waals surface area contributed by atoms with E-state index in [1.807, 2.05) is 0 Å². The van der Waals surface area contributed by atoms with Crippen LogP contribution in [-0.4, -0.2) is 35.1 Å². The first-order valence-corrected chi connectivity index (χ1v) is 5.73. The van der Waals surface area contributed by atoms with Crippen LogP contribution in [0, 0.1) is 10.1 Å². The Bertz CT molecular complexity index is 742. The number of anilines is 1. The Morgan fingerprint density at radius 1 is 1.04 bits per heavy atom. The molecule has 1 aromatic rings. The number of nitro groups is 1. The summed E-state index contributed by atoms with van der Waals surface area (Å²) < 4.78 is 76.2. The highest BCUT2D eigenvalue weighted by atomic mass is 19.4. The van der Waals surface area contributed by atoms with Crippen LogP contribution in [0.3, 0.4) is 0 Å². The molecule has 0 atom stereocenters. The van der Waals surface area contributed by atoms with Gasteiger partial charge in [-0.1, -0.05) is 0 Å². The Balaban J connectivity index is 3.25. The molecule has 0 radical (unpaired) electrons. The van der Waals surface area contributed by atoms with Gasteiger partial charge in [0.1, 0.15) is 0 Å². The Labute approximate surface area is 132 Å². The van der Waals surface area contributed by atoms with Crippen LogP contribution in [0.2, 0.25) is 0 Å². The molecule has 0 fully saturated rings. The predicted molar refractivity (Wildman–Crippen MR) is 64.3 cm³/mol. The number of carbonyl (C=O) groups is 3. The van der Waals surface area contributed by atoms with Crippen molar-refractivity contribution in [3.8, 4) is 0 Å². The number of ether oxygens (including phenoxy) is 1. The number of carbonyl (C=O) groups excluding carboxylic acids is 3. The van der Waals surface area contributed by atoms with E-state index in [4.69, 9.17) is 0 Å². The average molecular weight is 374 g/mol. The van der Waals surface area contributed by atoms with Crippen LogP contribution in [0.1, 0.15) is 10.4 Å². The van der Waals surface area contributed by atoms with E-state index in [0.717, 1.165) is 5.32 Å². The summed E-state index contributed by atoms with van der Waals surface area (Å²) in [6.45, 7) is 0. The molecule has 0 aliphatic rings. The molecule has 0 heterocycles. The van der Waals surface area contributed by atoms with Crippen molar-refractivity contribution in [2.75, 3.05) is 5.32 Å². The van der Waals surface area contributed by atoms with Crippen LogP contribution < -0.4 is 5.32 Å². The smallest absolute Gasteiger partial charge is 0.383 e. The number of nitrogens with zero attached hydrogens (tertiary/aromatic N) is 1. The number of hydrogen-bond acceptors (Lipinski definition) is 6. The summed E-state index contributed by atoms with van der Waals surface area (Å²) in [4.78, 5) is 42.4. The second-order valence-electron chi connectivity index (χ2n) is 4.11. The van der Waals surface area contributed by atoms with Gasteiger partial charge in [0.25, 0.3) is 5.69 Å². The molecule has 0 aliphatic carbocycles. The summed E-state index contributed by atoms with van der Waals surface area (Å²) in [6.07, 6.45) is -11.0. The molecule has 14 heteroatoms. The van der Waals surface area contributed by atoms with Gasteiger partial charge in [-0.15, -0.1) is 0 Å². The summed E-state index contributed by atoms with van der Waals surface area (Å²) in [6, 6.07) is 1.23. The van der Waals surface area contributed by atoms with Gasteiger partial charge < -0.3 is 10.1 Å². The number of halogens is 6. The van der Waals surface area contributed by atoms with Crippen LogP contribution >= 0.6 is 0 Å². The molecule has 1 N–H and O–H groups in total. The Morgan fingerprint density at radius 3 is 2.04 bits per heavy atom. The van der Waals surface area contributed by atoms with Crippen molar-refractivity contribution in [2.45, 2.75) is 12.4 Å². The van der Waals surface area contributed by atoms with Gasteiger partial charge in [-0.25, -0.2) is 9.59 Å². The fourth-order valence-electron chi connectivity index (χ4n) is 1.32. The molecule has 0 saturated carbocycles. The SMILES string of the molecule is O=C(OC(=O)C(F)(F)F)c1ccc([N+](=O)[O-])cc1NC(=O)C(F)(F)F. The molecule has 0 aliphatic heterocycles. The summed E-state index contributed by atoms with van der Waals surface area (Å²) in [7, 11) is 0. The Hall–Kier alpha value is -3.19. The zero-order valence-corrected chi connectivity index (χ0v) is 11.4. The molecule has 0 unspecified atom stereocenters. The van der Waals surface area contributed by atoms with E-state index in [0.29, 0.717) is 12.1 Å². The number of amides is 1. The van der Waals surface area contributed by atoms with Crippen LogP contribution in [0.15, 0.2) is 18.2 Å². The third-order valence-electron chi connectivity index (χ3n) is 2.36.